The van der Waals surface area contributed by atoms with Crippen LogP contribution in [0.25, 0.3) is 0 Å². The van der Waals surface area contributed by atoms with Crippen molar-refractivity contribution in [3.05, 3.63) is 16.0 Å². The quantitative estimate of drug-likeness (QED) is 0.566. The Kier molecular flexibility index (Phi) is 6.56. The summed E-state index contributed by atoms with van der Waals surface area (Å²) in [5, 5.41) is 6.95. The summed E-state index contributed by atoms with van der Waals surface area (Å²) in [7, 11) is 3.34. The average molecular weight is 421 g/mol. The van der Waals surface area contributed by atoms with Gasteiger partial charge in [0.1, 0.15) is 5.00 Å². The summed E-state index contributed by atoms with van der Waals surface area (Å²) in [6, 6.07) is 0. The van der Waals surface area contributed by atoms with E-state index in [2.05, 4.69) is 10.6 Å². The van der Waals surface area contributed by atoms with Gasteiger partial charge in [-0.2, -0.15) is 0 Å². The predicted molar refractivity (Wildman–Crippen MR) is 113 cm³/mol. The molecule has 160 valence electrons. The topological polar surface area (TPSA) is 76.7 Å². The van der Waals surface area contributed by atoms with Crippen molar-refractivity contribution in [2.75, 3.05) is 26.1 Å². The third-order valence-corrected chi connectivity index (χ3v) is 7.57. The van der Waals surface area contributed by atoms with Gasteiger partial charge < -0.3 is 20.1 Å². The normalized spacial score (nSPS) is 21.1. The maximum atomic E-state index is 13.1. The number of fused-ring (bicyclic) bond motifs is 1. The third-order valence-electron chi connectivity index (χ3n) is 6.36. The van der Waals surface area contributed by atoms with Gasteiger partial charge >= 0.3 is 0 Å². The summed E-state index contributed by atoms with van der Waals surface area (Å²) < 4.78 is 10.7. The molecule has 4 rings (SSSR count). The van der Waals surface area contributed by atoms with E-state index in [4.69, 9.17) is 9.47 Å². The number of ether oxygens (including phenoxy) is 2. The second-order valence-electron chi connectivity index (χ2n) is 8.71. The molecule has 0 bridgehead atoms. The fourth-order valence-electron chi connectivity index (χ4n) is 4.14. The lowest BCUT2D eigenvalue weighted by molar-refractivity contribution is -0.117. The SMILES string of the molecule is COC(CC[C@H]1CCc2sc(NC(=O)C3CC3)c(C(=O)NCC3CC3)c2C1)OC. The van der Waals surface area contributed by atoms with Crippen LogP contribution in [-0.4, -0.2) is 38.9 Å². The number of rotatable bonds is 10. The summed E-state index contributed by atoms with van der Waals surface area (Å²) in [5.74, 6) is 1.31. The predicted octanol–water partition coefficient (Wildman–Crippen LogP) is 3.74. The monoisotopic (exact) mass is 420 g/mol. The van der Waals surface area contributed by atoms with Gasteiger partial charge in [-0.25, -0.2) is 0 Å². The summed E-state index contributed by atoms with van der Waals surface area (Å²) in [6.45, 7) is 0.742. The molecule has 2 amide bonds. The van der Waals surface area contributed by atoms with E-state index in [1.54, 1.807) is 25.6 Å². The number of hydrogen-bond donors (Lipinski definition) is 2. The van der Waals surface area contributed by atoms with Gasteiger partial charge in [0.2, 0.25) is 5.91 Å². The van der Waals surface area contributed by atoms with Gasteiger partial charge in [-0.3, -0.25) is 9.59 Å². The maximum absolute atomic E-state index is 13.1. The molecule has 0 unspecified atom stereocenters. The number of thiophene rings is 1. The van der Waals surface area contributed by atoms with Crippen LogP contribution < -0.4 is 10.6 Å². The molecule has 3 aliphatic rings. The first-order chi connectivity index (χ1) is 14.1. The molecule has 1 atom stereocenters. The first-order valence-corrected chi connectivity index (χ1v) is 11.7. The molecule has 2 fully saturated rings. The van der Waals surface area contributed by atoms with Crippen LogP contribution in [0.3, 0.4) is 0 Å². The minimum Gasteiger partial charge on any atom is -0.356 e. The van der Waals surface area contributed by atoms with Crippen molar-refractivity contribution >= 4 is 28.2 Å². The highest BCUT2D eigenvalue weighted by molar-refractivity contribution is 7.17. The second kappa shape index (κ2) is 9.14. The molecule has 0 aliphatic heterocycles. The van der Waals surface area contributed by atoms with Crippen LogP contribution in [0.1, 0.15) is 65.7 Å². The first kappa shape index (κ1) is 20.8. The van der Waals surface area contributed by atoms with Crippen LogP contribution in [0.4, 0.5) is 5.00 Å². The van der Waals surface area contributed by atoms with Crippen molar-refractivity contribution in [2.45, 2.75) is 64.1 Å². The Labute approximate surface area is 176 Å². The van der Waals surface area contributed by atoms with Crippen molar-refractivity contribution in [1.29, 1.82) is 0 Å². The van der Waals surface area contributed by atoms with E-state index in [0.29, 0.717) is 11.8 Å². The van der Waals surface area contributed by atoms with Gasteiger partial charge in [0.05, 0.1) is 5.56 Å². The van der Waals surface area contributed by atoms with Gasteiger partial charge in [-0.1, -0.05) is 0 Å². The highest BCUT2D eigenvalue weighted by Gasteiger charge is 2.34. The largest absolute Gasteiger partial charge is 0.356 e. The molecule has 1 aromatic heterocycles. The van der Waals surface area contributed by atoms with E-state index in [-0.39, 0.29) is 24.0 Å². The molecule has 7 heteroatoms. The molecule has 0 radical (unpaired) electrons. The molecule has 6 nitrogen and oxygen atoms in total. The van der Waals surface area contributed by atoms with Crippen LogP contribution in [0.15, 0.2) is 0 Å². The Morgan fingerprint density at radius 2 is 1.86 bits per heavy atom. The zero-order chi connectivity index (χ0) is 20.4. The average Bonchev–Trinajstić information content (AvgIpc) is 3.63. The Balaban J connectivity index is 1.49. The number of anilines is 1. The fourth-order valence-corrected chi connectivity index (χ4v) is 5.39. The van der Waals surface area contributed by atoms with E-state index in [0.717, 1.165) is 67.6 Å². The van der Waals surface area contributed by atoms with Crippen molar-refractivity contribution in [2.24, 2.45) is 17.8 Å². The lowest BCUT2D eigenvalue weighted by Gasteiger charge is -2.24. The van der Waals surface area contributed by atoms with Crippen molar-refractivity contribution in [3.63, 3.8) is 0 Å². The van der Waals surface area contributed by atoms with E-state index in [9.17, 15) is 9.59 Å². The lowest BCUT2D eigenvalue weighted by Crippen LogP contribution is -2.28. The molecular weight excluding hydrogens is 388 g/mol. The van der Waals surface area contributed by atoms with Gasteiger partial charge in [-0.05, 0) is 75.2 Å². The Morgan fingerprint density at radius 1 is 1.10 bits per heavy atom. The number of methoxy groups -OCH3 is 2. The summed E-state index contributed by atoms with van der Waals surface area (Å²) in [5.41, 5.74) is 1.87. The molecule has 1 heterocycles. The number of carbonyl (C=O) groups is 2. The molecular formula is C22H32N2O4S. The Hall–Kier alpha value is -1.44. The smallest absolute Gasteiger partial charge is 0.254 e. The van der Waals surface area contributed by atoms with Gasteiger partial charge in [0, 0.05) is 31.6 Å². The van der Waals surface area contributed by atoms with Crippen LogP contribution in [0.5, 0.6) is 0 Å². The lowest BCUT2D eigenvalue weighted by atomic mass is 9.83. The molecule has 29 heavy (non-hydrogen) atoms. The van der Waals surface area contributed by atoms with Gasteiger partial charge in [0.25, 0.3) is 5.91 Å². The molecule has 0 saturated heterocycles. The van der Waals surface area contributed by atoms with Crippen LogP contribution in [-0.2, 0) is 27.1 Å². The van der Waals surface area contributed by atoms with Crippen LogP contribution in [0, 0.1) is 17.8 Å². The standard InChI is InChI=1S/C22H32N2O4S/c1-27-18(28-2)10-6-13-5-9-17-16(11-13)19(21(26)23-12-14-3-4-14)22(29-17)24-20(25)15-7-8-15/h13-15,18H,3-12H2,1-2H3,(H,23,26)(H,24,25)/t13-/m1/s1. The summed E-state index contributed by atoms with van der Waals surface area (Å²) >= 11 is 1.61. The van der Waals surface area contributed by atoms with E-state index in [1.165, 1.54) is 17.7 Å². The number of hydrogen-bond acceptors (Lipinski definition) is 5. The Bertz CT molecular complexity index is 750. The molecule has 2 saturated carbocycles. The number of nitrogens with one attached hydrogen (secondary N) is 2. The van der Waals surface area contributed by atoms with E-state index in [1.807, 2.05) is 0 Å². The highest BCUT2D eigenvalue weighted by atomic mass is 32.1. The minimum absolute atomic E-state index is 0.0205. The van der Waals surface area contributed by atoms with Crippen molar-refractivity contribution in [1.82, 2.24) is 5.32 Å². The Morgan fingerprint density at radius 3 is 2.52 bits per heavy atom. The number of carbonyl (C=O) groups excluding carboxylic acids is 2. The van der Waals surface area contributed by atoms with E-state index < -0.39 is 0 Å². The van der Waals surface area contributed by atoms with E-state index >= 15 is 0 Å². The fraction of sp³-hybridized carbons (Fsp3) is 0.727. The molecule has 0 aromatic carbocycles. The molecule has 1 aromatic rings. The van der Waals surface area contributed by atoms with Crippen molar-refractivity contribution in [3.8, 4) is 0 Å². The third kappa shape index (κ3) is 5.19. The van der Waals surface area contributed by atoms with Gasteiger partial charge in [-0.15, -0.1) is 11.3 Å². The summed E-state index contributed by atoms with van der Waals surface area (Å²) in [6.07, 6.45) is 8.98. The van der Waals surface area contributed by atoms with Gasteiger partial charge in [0.15, 0.2) is 6.29 Å². The van der Waals surface area contributed by atoms with Crippen LogP contribution in [0.2, 0.25) is 0 Å². The van der Waals surface area contributed by atoms with Crippen molar-refractivity contribution < 1.29 is 19.1 Å². The number of aryl methyl sites for hydroxylation is 1. The summed E-state index contributed by atoms with van der Waals surface area (Å²) in [4.78, 5) is 26.7. The maximum Gasteiger partial charge on any atom is 0.254 e. The number of amides is 2. The zero-order valence-corrected chi connectivity index (χ0v) is 18.2. The first-order valence-electron chi connectivity index (χ1n) is 10.9. The molecule has 0 spiro atoms. The van der Waals surface area contributed by atoms with Crippen LogP contribution >= 0.6 is 11.3 Å². The zero-order valence-electron chi connectivity index (χ0n) is 17.4. The minimum atomic E-state index is -0.173. The second-order valence-corrected chi connectivity index (χ2v) is 9.82. The molecule has 2 N–H and O–H groups in total. The highest BCUT2D eigenvalue weighted by Crippen LogP contribution is 2.42. The molecule has 3 aliphatic carbocycles.